The number of amides is 2. The zero-order valence-corrected chi connectivity index (χ0v) is 11.5. The van der Waals surface area contributed by atoms with E-state index in [1.165, 1.54) is 4.90 Å². The van der Waals surface area contributed by atoms with Crippen molar-refractivity contribution in [1.82, 2.24) is 10.2 Å². The second-order valence-corrected chi connectivity index (χ2v) is 4.60. The molecule has 19 heavy (non-hydrogen) atoms. The van der Waals surface area contributed by atoms with Crippen molar-refractivity contribution in [2.24, 2.45) is 0 Å². The summed E-state index contributed by atoms with van der Waals surface area (Å²) in [6.45, 7) is 6.01. The van der Waals surface area contributed by atoms with Crippen molar-refractivity contribution >= 4 is 12.0 Å². The molecule has 0 spiro atoms. The molecule has 6 nitrogen and oxygen atoms in total. The second-order valence-electron chi connectivity index (χ2n) is 4.60. The molecule has 1 aromatic rings. The summed E-state index contributed by atoms with van der Waals surface area (Å²) in [6.07, 6.45) is -0.0640. The van der Waals surface area contributed by atoms with Crippen LogP contribution in [0, 0.1) is 6.92 Å². The number of carbonyl (C=O) groups is 2. The van der Waals surface area contributed by atoms with Crippen LogP contribution < -0.4 is 5.32 Å². The van der Waals surface area contributed by atoms with Crippen LogP contribution in [-0.2, 0) is 11.3 Å². The minimum absolute atomic E-state index is 0.0577. The molecule has 6 heteroatoms. The average Bonchev–Trinajstić information content (AvgIpc) is 2.72. The van der Waals surface area contributed by atoms with Gasteiger partial charge < -0.3 is 19.7 Å². The molecule has 1 aromatic heterocycles. The quantitative estimate of drug-likeness (QED) is 0.826. The minimum Gasteiger partial charge on any atom is -0.481 e. The van der Waals surface area contributed by atoms with Gasteiger partial charge in [-0.3, -0.25) is 4.79 Å². The third-order valence-electron chi connectivity index (χ3n) is 2.66. The molecule has 0 saturated carbocycles. The van der Waals surface area contributed by atoms with Crippen LogP contribution in [0.15, 0.2) is 16.5 Å². The Morgan fingerprint density at radius 2 is 2.11 bits per heavy atom. The third-order valence-corrected chi connectivity index (χ3v) is 2.66. The van der Waals surface area contributed by atoms with Crippen LogP contribution in [0.4, 0.5) is 4.79 Å². The first-order chi connectivity index (χ1) is 8.90. The lowest BCUT2D eigenvalue weighted by Gasteiger charge is -2.26. The zero-order chi connectivity index (χ0) is 14.4. The van der Waals surface area contributed by atoms with Crippen molar-refractivity contribution in [3.8, 4) is 0 Å². The van der Waals surface area contributed by atoms with Crippen molar-refractivity contribution in [2.75, 3.05) is 6.54 Å². The summed E-state index contributed by atoms with van der Waals surface area (Å²) in [4.78, 5) is 24.0. The molecule has 0 fully saturated rings. The lowest BCUT2D eigenvalue weighted by molar-refractivity contribution is -0.137. The fourth-order valence-corrected chi connectivity index (χ4v) is 1.65. The van der Waals surface area contributed by atoms with Gasteiger partial charge in [0, 0.05) is 12.6 Å². The third kappa shape index (κ3) is 5.03. The first-order valence-corrected chi connectivity index (χ1v) is 6.21. The number of aliphatic carboxylic acids is 1. The van der Waals surface area contributed by atoms with Crippen molar-refractivity contribution < 1.29 is 19.1 Å². The number of aryl methyl sites for hydroxylation is 1. The van der Waals surface area contributed by atoms with E-state index in [-0.39, 0.29) is 25.0 Å². The Morgan fingerprint density at radius 1 is 1.42 bits per heavy atom. The summed E-state index contributed by atoms with van der Waals surface area (Å²) in [7, 11) is 0. The Morgan fingerprint density at radius 3 is 2.58 bits per heavy atom. The van der Waals surface area contributed by atoms with Gasteiger partial charge in [0.2, 0.25) is 0 Å². The van der Waals surface area contributed by atoms with Crippen LogP contribution in [0.25, 0.3) is 0 Å². The molecule has 106 valence electrons. The molecule has 0 radical (unpaired) electrons. The summed E-state index contributed by atoms with van der Waals surface area (Å²) in [5, 5.41) is 11.4. The zero-order valence-electron chi connectivity index (χ0n) is 11.5. The summed E-state index contributed by atoms with van der Waals surface area (Å²) in [6, 6.07) is 3.28. The molecule has 0 saturated heterocycles. The van der Waals surface area contributed by atoms with E-state index in [4.69, 9.17) is 9.52 Å². The van der Waals surface area contributed by atoms with Gasteiger partial charge in [-0.15, -0.1) is 0 Å². The molecule has 2 N–H and O–H groups in total. The van der Waals surface area contributed by atoms with E-state index in [0.29, 0.717) is 12.3 Å². The predicted octanol–water partition coefficient (Wildman–Crippen LogP) is 1.98. The van der Waals surface area contributed by atoms with Crippen LogP contribution in [0.5, 0.6) is 0 Å². The van der Waals surface area contributed by atoms with Crippen molar-refractivity contribution in [3.63, 3.8) is 0 Å². The topological polar surface area (TPSA) is 82.8 Å². The van der Waals surface area contributed by atoms with Crippen LogP contribution >= 0.6 is 0 Å². The molecule has 1 rings (SSSR count). The van der Waals surface area contributed by atoms with E-state index in [9.17, 15) is 9.59 Å². The van der Waals surface area contributed by atoms with Gasteiger partial charge in [-0.2, -0.15) is 0 Å². The summed E-state index contributed by atoms with van der Waals surface area (Å²) < 4.78 is 5.34. The van der Waals surface area contributed by atoms with E-state index in [1.807, 2.05) is 26.8 Å². The molecular formula is C13H20N2O4. The first kappa shape index (κ1) is 15.1. The standard InChI is InChI=1S/C13H20N2O4/c1-9(2)15(7-6-12(16)17)13(18)14-8-11-5-4-10(3)19-11/h4-5,9H,6-8H2,1-3H3,(H,14,18)(H,16,17). The normalized spacial score (nSPS) is 10.5. The number of carbonyl (C=O) groups excluding carboxylic acids is 1. The SMILES string of the molecule is Cc1ccc(CNC(=O)N(CCC(=O)O)C(C)C)o1. The van der Waals surface area contributed by atoms with E-state index in [0.717, 1.165) is 5.76 Å². The molecule has 0 aliphatic rings. The average molecular weight is 268 g/mol. The monoisotopic (exact) mass is 268 g/mol. The molecule has 0 unspecified atom stereocenters. The number of urea groups is 1. The largest absolute Gasteiger partial charge is 0.481 e. The molecular weight excluding hydrogens is 248 g/mol. The highest BCUT2D eigenvalue weighted by molar-refractivity contribution is 5.75. The van der Waals surface area contributed by atoms with Gasteiger partial charge >= 0.3 is 12.0 Å². The van der Waals surface area contributed by atoms with Crippen molar-refractivity contribution in [2.45, 2.75) is 39.8 Å². The van der Waals surface area contributed by atoms with Gasteiger partial charge in [0.15, 0.2) is 0 Å². The number of carboxylic acids is 1. The van der Waals surface area contributed by atoms with Crippen molar-refractivity contribution in [3.05, 3.63) is 23.7 Å². The lowest BCUT2D eigenvalue weighted by Crippen LogP contribution is -2.44. The Balaban J connectivity index is 2.49. The maximum Gasteiger partial charge on any atom is 0.318 e. The highest BCUT2D eigenvalue weighted by Gasteiger charge is 2.17. The minimum atomic E-state index is -0.917. The second kappa shape index (κ2) is 6.82. The number of furan rings is 1. The van der Waals surface area contributed by atoms with Crippen LogP contribution in [0.2, 0.25) is 0 Å². The summed E-state index contributed by atoms with van der Waals surface area (Å²) >= 11 is 0. The Kier molecular flexibility index (Phi) is 5.41. The summed E-state index contributed by atoms with van der Waals surface area (Å²) in [5.41, 5.74) is 0. The van der Waals surface area contributed by atoms with Gasteiger partial charge in [0.1, 0.15) is 11.5 Å². The predicted molar refractivity (Wildman–Crippen MR) is 69.8 cm³/mol. The van der Waals surface area contributed by atoms with E-state index in [2.05, 4.69) is 5.32 Å². The Hall–Kier alpha value is -1.98. The van der Waals surface area contributed by atoms with E-state index >= 15 is 0 Å². The molecule has 0 aromatic carbocycles. The van der Waals surface area contributed by atoms with Gasteiger partial charge in [-0.05, 0) is 32.9 Å². The number of rotatable bonds is 6. The number of carboxylic acid groups (broad SMARTS) is 1. The van der Waals surface area contributed by atoms with E-state index in [1.54, 1.807) is 6.07 Å². The van der Waals surface area contributed by atoms with E-state index < -0.39 is 5.97 Å². The van der Waals surface area contributed by atoms with Crippen molar-refractivity contribution in [1.29, 1.82) is 0 Å². The lowest BCUT2D eigenvalue weighted by atomic mass is 10.3. The Labute approximate surface area is 112 Å². The van der Waals surface area contributed by atoms with Gasteiger partial charge in [0.25, 0.3) is 0 Å². The van der Waals surface area contributed by atoms with Crippen LogP contribution in [-0.4, -0.2) is 34.6 Å². The smallest absolute Gasteiger partial charge is 0.318 e. The molecule has 0 aliphatic carbocycles. The van der Waals surface area contributed by atoms with Crippen LogP contribution in [0.1, 0.15) is 31.8 Å². The number of nitrogens with zero attached hydrogens (tertiary/aromatic N) is 1. The van der Waals surface area contributed by atoms with Gasteiger partial charge in [0.05, 0.1) is 13.0 Å². The van der Waals surface area contributed by atoms with Gasteiger partial charge in [-0.1, -0.05) is 0 Å². The number of hydrogen-bond acceptors (Lipinski definition) is 3. The highest BCUT2D eigenvalue weighted by Crippen LogP contribution is 2.06. The first-order valence-electron chi connectivity index (χ1n) is 6.21. The molecule has 0 aliphatic heterocycles. The molecule has 1 heterocycles. The fourth-order valence-electron chi connectivity index (χ4n) is 1.65. The number of hydrogen-bond donors (Lipinski definition) is 2. The van der Waals surface area contributed by atoms with Gasteiger partial charge in [-0.25, -0.2) is 4.79 Å². The molecule has 0 bridgehead atoms. The molecule has 2 amide bonds. The number of nitrogens with one attached hydrogen (secondary N) is 1. The fraction of sp³-hybridized carbons (Fsp3) is 0.538. The van der Waals surface area contributed by atoms with Crippen LogP contribution in [0.3, 0.4) is 0 Å². The summed E-state index contributed by atoms with van der Waals surface area (Å²) in [5.74, 6) is 0.545. The Bertz CT molecular complexity index is 440. The molecule has 0 atom stereocenters. The maximum atomic E-state index is 12.0. The maximum absolute atomic E-state index is 12.0. The highest BCUT2D eigenvalue weighted by atomic mass is 16.4.